The smallest absolute Gasteiger partial charge is 0.277 e. The first-order valence-corrected chi connectivity index (χ1v) is 5.92. The van der Waals surface area contributed by atoms with Gasteiger partial charge in [0.1, 0.15) is 11.5 Å². The third-order valence-corrected chi connectivity index (χ3v) is 2.81. The Hall–Kier alpha value is -1.89. The van der Waals surface area contributed by atoms with Gasteiger partial charge in [-0.1, -0.05) is 23.2 Å². The summed E-state index contributed by atoms with van der Waals surface area (Å²) >= 11 is 11.8. The van der Waals surface area contributed by atoms with Crippen molar-refractivity contribution in [3.05, 3.63) is 46.2 Å². The van der Waals surface area contributed by atoms with Crippen molar-refractivity contribution in [1.29, 1.82) is 0 Å². The van der Waals surface area contributed by atoms with Crippen LogP contribution < -0.4 is 16.6 Å². The van der Waals surface area contributed by atoms with Crippen LogP contribution in [0.3, 0.4) is 0 Å². The van der Waals surface area contributed by atoms with Crippen molar-refractivity contribution in [3.63, 3.8) is 0 Å². The van der Waals surface area contributed by atoms with Gasteiger partial charge in [-0.05, 0) is 24.3 Å². The molecule has 0 aromatic carbocycles. The monoisotopic (exact) mass is 297 g/mol. The Morgan fingerprint density at radius 3 is 2.68 bits per heavy atom. The van der Waals surface area contributed by atoms with Crippen molar-refractivity contribution in [2.75, 3.05) is 10.7 Å². The van der Waals surface area contributed by atoms with Crippen LogP contribution in [0.2, 0.25) is 10.0 Å². The van der Waals surface area contributed by atoms with Crippen LogP contribution in [0.4, 0.5) is 11.6 Å². The molecule has 0 saturated carbocycles. The molecule has 0 fully saturated rings. The largest absolute Gasteiger partial charge is 0.308 e. The van der Waals surface area contributed by atoms with Gasteiger partial charge in [0.2, 0.25) is 0 Å². The Labute approximate surface area is 118 Å². The number of pyridine rings is 2. The number of hydrogen-bond acceptors (Lipinski definition) is 5. The molecular weight excluding hydrogens is 289 g/mol. The molecule has 6 nitrogen and oxygen atoms in total. The molecule has 2 aromatic rings. The molecule has 4 N–H and O–H groups in total. The minimum atomic E-state index is -0.525. The number of hydrazine groups is 1. The quantitative estimate of drug-likeness (QED) is 0.597. The minimum absolute atomic E-state index is 0.0267. The Bertz CT molecular complexity index is 620. The zero-order valence-corrected chi connectivity index (χ0v) is 11.0. The topological polar surface area (TPSA) is 92.9 Å². The van der Waals surface area contributed by atoms with Crippen molar-refractivity contribution in [2.24, 2.45) is 5.84 Å². The molecule has 0 unspecified atom stereocenters. The van der Waals surface area contributed by atoms with Crippen molar-refractivity contribution in [3.8, 4) is 0 Å². The van der Waals surface area contributed by atoms with Crippen molar-refractivity contribution in [2.45, 2.75) is 0 Å². The van der Waals surface area contributed by atoms with Crippen LogP contribution >= 0.6 is 23.2 Å². The molecule has 19 heavy (non-hydrogen) atoms. The van der Waals surface area contributed by atoms with Gasteiger partial charge in [-0.3, -0.25) is 4.79 Å². The van der Waals surface area contributed by atoms with Crippen LogP contribution in [-0.2, 0) is 0 Å². The Kier molecular flexibility index (Phi) is 4.16. The summed E-state index contributed by atoms with van der Waals surface area (Å²) in [5, 5.41) is 3.04. The Morgan fingerprint density at radius 1 is 1.21 bits per heavy atom. The highest BCUT2D eigenvalue weighted by Crippen LogP contribution is 2.21. The van der Waals surface area contributed by atoms with Crippen molar-refractivity contribution < 1.29 is 4.79 Å². The fourth-order valence-corrected chi connectivity index (χ4v) is 1.69. The van der Waals surface area contributed by atoms with Gasteiger partial charge in [0.15, 0.2) is 5.82 Å². The Balaban J connectivity index is 2.28. The number of aromatic nitrogens is 2. The first kappa shape index (κ1) is 13.5. The molecule has 0 spiro atoms. The molecule has 2 rings (SSSR count). The van der Waals surface area contributed by atoms with Crippen LogP contribution in [-0.4, -0.2) is 15.9 Å². The standard InChI is InChI=1S/C11H9Cl2N5O/c12-6-3-4-8(18-14)16-9(6)11(19)17-10-7(13)2-1-5-15-10/h1-5H,14H2,(H,16,18)(H,15,17,19). The Morgan fingerprint density at radius 2 is 2.00 bits per heavy atom. The van der Waals surface area contributed by atoms with Gasteiger partial charge < -0.3 is 10.7 Å². The van der Waals surface area contributed by atoms with Gasteiger partial charge >= 0.3 is 0 Å². The lowest BCUT2D eigenvalue weighted by Crippen LogP contribution is -2.17. The van der Waals surface area contributed by atoms with Crippen LogP contribution in [0.1, 0.15) is 10.5 Å². The predicted octanol–water partition coefficient (Wildman–Crippen LogP) is 2.32. The first-order chi connectivity index (χ1) is 9.11. The van der Waals surface area contributed by atoms with Crippen LogP contribution in [0.5, 0.6) is 0 Å². The molecular formula is C11H9Cl2N5O. The number of nitrogens with zero attached hydrogens (tertiary/aromatic N) is 2. The molecule has 0 bridgehead atoms. The second-order valence-corrected chi connectivity index (χ2v) is 4.27. The number of carbonyl (C=O) groups is 1. The summed E-state index contributed by atoms with van der Waals surface area (Å²) in [6, 6.07) is 6.32. The van der Waals surface area contributed by atoms with E-state index >= 15 is 0 Å². The summed E-state index contributed by atoms with van der Waals surface area (Å²) in [5.41, 5.74) is 2.36. The summed E-state index contributed by atoms with van der Waals surface area (Å²) < 4.78 is 0. The minimum Gasteiger partial charge on any atom is -0.308 e. The summed E-state index contributed by atoms with van der Waals surface area (Å²) in [7, 11) is 0. The average molecular weight is 298 g/mol. The number of carbonyl (C=O) groups excluding carboxylic acids is 1. The lowest BCUT2D eigenvalue weighted by molar-refractivity contribution is 0.102. The van der Waals surface area contributed by atoms with Gasteiger partial charge in [-0.15, -0.1) is 0 Å². The fraction of sp³-hybridized carbons (Fsp3) is 0. The van der Waals surface area contributed by atoms with E-state index in [1.165, 1.54) is 12.3 Å². The third-order valence-electron chi connectivity index (χ3n) is 2.20. The highest BCUT2D eigenvalue weighted by molar-refractivity contribution is 6.35. The maximum absolute atomic E-state index is 12.0. The number of nitrogens with two attached hydrogens (primary N) is 1. The van der Waals surface area contributed by atoms with Crippen LogP contribution in [0.15, 0.2) is 30.5 Å². The van der Waals surface area contributed by atoms with Gasteiger partial charge in [0.05, 0.1) is 10.0 Å². The molecule has 1 amide bonds. The zero-order valence-electron chi connectivity index (χ0n) is 9.52. The average Bonchev–Trinajstić information content (AvgIpc) is 2.42. The summed E-state index contributed by atoms with van der Waals surface area (Å²) in [6.07, 6.45) is 1.51. The molecule has 0 aliphatic rings. The second kappa shape index (κ2) is 5.83. The maximum atomic E-state index is 12.0. The maximum Gasteiger partial charge on any atom is 0.277 e. The number of amides is 1. The molecule has 0 atom stereocenters. The van der Waals surface area contributed by atoms with E-state index in [9.17, 15) is 4.79 Å². The molecule has 0 saturated heterocycles. The molecule has 98 valence electrons. The van der Waals surface area contributed by atoms with E-state index in [4.69, 9.17) is 29.0 Å². The molecule has 0 aliphatic carbocycles. The zero-order chi connectivity index (χ0) is 13.8. The fourth-order valence-electron chi connectivity index (χ4n) is 1.33. The number of nitrogens with one attached hydrogen (secondary N) is 2. The van der Waals surface area contributed by atoms with Gasteiger partial charge in [-0.25, -0.2) is 15.8 Å². The van der Waals surface area contributed by atoms with Gasteiger partial charge in [0.25, 0.3) is 5.91 Å². The van der Waals surface area contributed by atoms with E-state index in [1.807, 2.05) is 0 Å². The third kappa shape index (κ3) is 3.11. The number of anilines is 2. The number of nitrogen functional groups attached to an aromatic ring is 1. The second-order valence-electron chi connectivity index (χ2n) is 3.46. The summed E-state index contributed by atoms with van der Waals surface area (Å²) in [6.45, 7) is 0. The van der Waals surface area contributed by atoms with Gasteiger partial charge in [-0.2, -0.15) is 0 Å². The molecule has 8 heteroatoms. The van der Waals surface area contributed by atoms with Crippen molar-refractivity contribution in [1.82, 2.24) is 9.97 Å². The van der Waals surface area contributed by atoms with E-state index in [2.05, 4.69) is 20.7 Å². The summed E-state index contributed by atoms with van der Waals surface area (Å²) in [4.78, 5) is 19.9. The highest BCUT2D eigenvalue weighted by atomic mass is 35.5. The number of halogens is 2. The lowest BCUT2D eigenvalue weighted by atomic mass is 10.3. The van der Waals surface area contributed by atoms with E-state index in [-0.39, 0.29) is 16.5 Å². The predicted molar refractivity (Wildman–Crippen MR) is 74.3 cm³/mol. The van der Waals surface area contributed by atoms with Gasteiger partial charge in [0, 0.05) is 6.20 Å². The van der Waals surface area contributed by atoms with E-state index in [0.717, 1.165) is 0 Å². The van der Waals surface area contributed by atoms with E-state index < -0.39 is 5.91 Å². The summed E-state index contributed by atoms with van der Waals surface area (Å²) in [5.74, 6) is 5.25. The SMILES string of the molecule is NNc1ccc(Cl)c(C(=O)Nc2ncccc2Cl)n1. The van der Waals surface area contributed by atoms with E-state index in [1.54, 1.807) is 18.2 Å². The van der Waals surface area contributed by atoms with E-state index in [0.29, 0.717) is 10.8 Å². The lowest BCUT2D eigenvalue weighted by Gasteiger charge is -2.08. The normalized spacial score (nSPS) is 10.1. The highest BCUT2D eigenvalue weighted by Gasteiger charge is 2.15. The van der Waals surface area contributed by atoms with Crippen LogP contribution in [0, 0.1) is 0 Å². The number of hydrogen-bond donors (Lipinski definition) is 3. The molecule has 0 aliphatic heterocycles. The molecule has 2 aromatic heterocycles. The van der Waals surface area contributed by atoms with Crippen LogP contribution in [0.25, 0.3) is 0 Å². The molecule has 2 heterocycles. The first-order valence-electron chi connectivity index (χ1n) is 5.17. The van der Waals surface area contributed by atoms with Crippen molar-refractivity contribution >= 4 is 40.7 Å². The molecule has 0 radical (unpaired) electrons. The number of rotatable bonds is 3.